The Bertz CT molecular complexity index is 1070. The maximum atomic E-state index is 13.9. The maximum absolute atomic E-state index is 13.9. The van der Waals surface area contributed by atoms with E-state index in [2.05, 4.69) is 10.3 Å². The number of benzene rings is 1. The van der Waals surface area contributed by atoms with Gasteiger partial charge in [0, 0.05) is 47.4 Å². The summed E-state index contributed by atoms with van der Waals surface area (Å²) in [6.07, 6.45) is -3.14. The molecule has 2 atom stereocenters. The average Bonchev–Trinajstić information content (AvgIpc) is 3.58. The molecule has 1 aliphatic rings. The Labute approximate surface area is 212 Å². The molecule has 0 aliphatic heterocycles. The summed E-state index contributed by atoms with van der Waals surface area (Å²) in [6, 6.07) is 7.50. The minimum Gasteiger partial charge on any atom is -0.366 e. The van der Waals surface area contributed by atoms with Gasteiger partial charge < -0.3 is 16.0 Å². The van der Waals surface area contributed by atoms with Crippen LogP contribution in [0, 0.1) is 5.41 Å². The van der Waals surface area contributed by atoms with Gasteiger partial charge in [-0.05, 0) is 63.2 Å². The number of hydrogen-bond acceptors (Lipinski definition) is 4. The first kappa shape index (κ1) is 27.2. The van der Waals surface area contributed by atoms with Crippen molar-refractivity contribution < 1.29 is 22.8 Å². The normalized spacial score (nSPS) is 16.6. The number of hydrogen-bond donors (Lipinski definition) is 2. The van der Waals surface area contributed by atoms with Crippen molar-refractivity contribution in [1.82, 2.24) is 15.2 Å². The third-order valence-corrected chi connectivity index (χ3v) is 7.15. The quantitative estimate of drug-likeness (QED) is 0.470. The highest BCUT2D eigenvalue weighted by Crippen LogP contribution is 2.65. The number of likely N-dealkylation sites (N-methyl/N-ethyl adjacent to an activating group) is 1. The van der Waals surface area contributed by atoms with Crippen LogP contribution in [0.25, 0.3) is 0 Å². The molecule has 1 fully saturated rings. The molecule has 3 N–H and O–H groups in total. The Morgan fingerprint density at radius 2 is 1.89 bits per heavy atom. The van der Waals surface area contributed by atoms with Crippen molar-refractivity contribution in [3.05, 3.63) is 63.4 Å². The molecule has 190 valence electrons. The molecular formula is C24H27Cl2F3N4O2. The number of halogens is 5. The number of pyridine rings is 1. The molecule has 0 radical (unpaired) electrons. The van der Waals surface area contributed by atoms with E-state index in [-0.39, 0.29) is 43.1 Å². The minimum atomic E-state index is -4.45. The fourth-order valence-electron chi connectivity index (χ4n) is 4.19. The highest BCUT2D eigenvalue weighted by Gasteiger charge is 2.67. The van der Waals surface area contributed by atoms with Crippen molar-refractivity contribution in [2.45, 2.75) is 43.8 Å². The van der Waals surface area contributed by atoms with Crippen LogP contribution in [-0.2, 0) is 11.2 Å². The summed E-state index contributed by atoms with van der Waals surface area (Å²) < 4.78 is 41.7. The van der Waals surface area contributed by atoms with Gasteiger partial charge in [-0.25, -0.2) is 0 Å². The Kier molecular flexibility index (Phi) is 8.34. The predicted molar refractivity (Wildman–Crippen MR) is 128 cm³/mol. The number of carbonyl (C=O) groups excluding carboxylic acids is 2. The van der Waals surface area contributed by atoms with Crippen molar-refractivity contribution in [2.75, 3.05) is 20.6 Å². The first-order valence-electron chi connectivity index (χ1n) is 11.0. The van der Waals surface area contributed by atoms with Crippen LogP contribution in [0.4, 0.5) is 13.2 Å². The van der Waals surface area contributed by atoms with Gasteiger partial charge in [0.15, 0.2) is 0 Å². The van der Waals surface area contributed by atoms with E-state index in [1.54, 1.807) is 12.1 Å². The van der Waals surface area contributed by atoms with Crippen LogP contribution in [0.2, 0.25) is 10.0 Å². The maximum Gasteiger partial charge on any atom is 0.395 e. The summed E-state index contributed by atoms with van der Waals surface area (Å²) >= 11 is 12.2. The smallest absolute Gasteiger partial charge is 0.366 e. The van der Waals surface area contributed by atoms with E-state index >= 15 is 0 Å². The zero-order chi connectivity index (χ0) is 26.0. The van der Waals surface area contributed by atoms with Crippen molar-refractivity contribution in [3.63, 3.8) is 0 Å². The summed E-state index contributed by atoms with van der Waals surface area (Å²) in [5, 5.41) is 3.46. The van der Waals surface area contributed by atoms with Crippen LogP contribution < -0.4 is 11.1 Å². The van der Waals surface area contributed by atoms with E-state index in [1.165, 1.54) is 24.4 Å². The fraction of sp³-hybridized carbons (Fsp3) is 0.458. The molecule has 11 heteroatoms. The molecule has 35 heavy (non-hydrogen) atoms. The lowest BCUT2D eigenvalue weighted by Gasteiger charge is -2.29. The fourth-order valence-corrected chi connectivity index (χ4v) is 4.56. The molecule has 2 amide bonds. The largest absolute Gasteiger partial charge is 0.395 e. The highest BCUT2D eigenvalue weighted by atomic mass is 35.5. The summed E-state index contributed by atoms with van der Waals surface area (Å²) in [7, 11) is 3.65. The molecule has 1 aliphatic carbocycles. The number of alkyl halides is 3. The molecule has 1 heterocycles. The van der Waals surface area contributed by atoms with Crippen LogP contribution in [0.3, 0.4) is 0 Å². The number of aromatic nitrogens is 1. The number of nitrogens with one attached hydrogen (secondary N) is 1. The number of rotatable bonds is 10. The standard InChI is InChI=1S/C24H27Cl2F3N4O2/c1-33(2)17(9-14-3-4-15(22(30)35)10-19(14)26)13-32-21(34)11-18(20-6-5-16(25)12-31-20)23(7-8-23)24(27,28)29/h3-6,10,12,17-18H,7-9,11,13H2,1-2H3,(H2,30,35)(H,32,34). The SMILES string of the molecule is CN(C)C(CNC(=O)CC(c1ccc(Cl)cn1)C1(C(F)(F)F)CC1)Cc1ccc(C(N)=O)cc1Cl. The van der Waals surface area contributed by atoms with Crippen LogP contribution in [0.15, 0.2) is 36.5 Å². The molecule has 0 spiro atoms. The van der Waals surface area contributed by atoms with Crippen molar-refractivity contribution in [3.8, 4) is 0 Å². The summed E-state index contributed by atoms with van der Waals surface area (Å²) in [4.78, 5) is 30.2. The molecule has 0 saturated heterocycles. The van der Waals surface area contributed by atoms with Crippen molar-refractivity contribution >= 4 is 35.0 Å². The predicted octanol–water partition coefficient (Wildman–Crippen LogP) is 4.59. The lowest BCUT2D eigenvalue weighted by molar-refractivity contribution is -0.195. The van der Waals surface area contributed by atoms with E-state index in [4.69, 9.17) is 28.9 Å². The van der Waals surface area contributed by atoms with Gasteiger partial charge in [0.2, 0.25) is 11.8 Å². The molecule has 1 aromatic heterocycles. The van der Waals surface area contributed by atoms with Gasteiger partial charge >= 0.3 is 6.18 Å². The highest BCUT2D eigenvalue weighted by molar-refractivity contribution is 6.31. The molecule has 6 nitrogen and oxygen atoms in total. The van der Waals surface area contributed by atoms with Gasteiger partial charge in [-0.15, -0.1) is 0 Å². The van der Waals surface area contributed by atoms with Crippen molar-refractivity contribution in [2.24, 2.45) is 11.1 Å². The van der Waals surface area contributed by atoms with Gasteiger partial charge in [-0.1, -0.05) is 29.3 Å². The molecule has 2 aromatic rings. The monoisotopic (exact) mass is 530 g/mol. The van der Waals surface area contributed by atoms with Crippen LogP contribution >= 0.6 is 23.2 Å². The number of primary amides is 1. The van der Waals surface area contributed by atoms with Gasteiger partial charge in [-0.3, -0.25) is 14.6 Å². The molecule has 2 unspecified atom stereocenters. The molecule has 3 rings (SSSR count). The number of carbonyl (C=O) groups is 2. The molecular weight excluding hydrogens is 504 g/mol. The van der Waals surface area contributed by atoms with Gasteiger partial charge in [0.25, 0.3) is 0 Å². The molecule has 1 aromatic carbocycles. The minimum absolute atomic E-state index is 0.0428. The van der Waals surface area contributed by atoms with Gasteiger partial charge in [0.05, 0.1) is 10.4 Å². The second-order valence-corrected chi connectivity index (χ2v) is 9.95. The van der Waals surface area contributed by atoms with E-state index in [9.17, 15) is 22.8 Å². The van der Waals surface area contributed by atoms with Crippen LogP contribution in [0.1, 0.15) is 46.8 Å². The van der Waals surface area contributed by atoms with Crippen molar-refractivity contribution in [1.29, 1.82) is 0 Å². The van der Waals surface area contributed by atoms with Crippen LogP contribution in [-0.4, -0.2) is 54.6 Å². The second-order valence-electron chi connectivity index (χ2n) is 9.11. The summed E-state index contributed by atoms with van der Waals surface area (Å²) in [5.41, 5.74) is 4.56. The Morgan fingerprint density at radius 1 is 1.20 bits per heavy atom. The zero-order valence-corrected chi connectivity index (χ0v) is 20.8. The first-order chi connectivity index (χ1) is 16.3. The van der Waals surface area contributed by atoms with Gasteiger partial charge in [0.1, 0.15) is 0 Å². The summed E-state index contributed by atoms with van der Waals surface area (Å²) in [5.74, 6) is -2.19. The first-order valence-corrected chi connectivity index (χ1v) is 11.8. The van der Waals surface area contributed by atoms with Crippen LogP contribution in [0.5, 0.6) is 0 Å². The zero-order valence-electron chi connectivity index (χ0n) is 19.3. The second kappa shape index (κ2) is 10.7. The van der Waals surface area contributed by atoms with E-state index < -0.39 is 29.3 Å². The molecule has 1 saturated carbocycles. The third-order valence-electron chi connectivity index (χ3n) is 6.58. The Hall–Kier alpha value is -2.36. The molecule has 0 bridgehead atoms. The number of nitrogens with zero attached hydrogens (tertiary/aromatic N) is 2. The lowest BCUT2D eigenvalue weighted by Crippen LogP contribution is -2.43. The lowest BCUT2D eigenvalue weighted by atomic mass is 9.82. The third kappa shape index (κ3) is 6.45. The van der Waals surface area contributed by atoms with Gasteiger partial charge in [-0.2, -0.15) is 13.2 Å². The summed E-state index contributed by atoms with van der Waals surface area (Å²) in [6.45, 7) is 0.194. The Morgan fingerprint density at radius 3 is 2.37 bits per heavy atom. The van der Waals surface area contributed by atoms with E-state index in [0.717, 1.165) is 5.56 Å². The van der Waals surface area contributed by atoms with E-state index in [0.29, 0.717) is 16.5 Å². The topological polar surface area (TPSA) is 88.3 Å². The number of amides is 2. The Balaban J connectivity index is 1.71. The number of nitrogens with two attached hydrogens (primary N) is 1. The van der Waals surface area contributed by atoms with E-state index in [1.807, 2.05) is 19.0 Å². The average molecular weight is 531 g/mol.